The zero-order valence-corrected chi connectivity index (χ0v) is 19.8. The Morgan fingerprint density at radius 3 is 2.44 bits per heavy atom. The highest BCUT2D eigenvalue weighted by atomic mass is 35.5. The van der Waals surface area contributed by atoms with Gasteiger partial charge in [-0.2, -0.15) is 0 Å². The molecule has 32 heavy (non-hydrogen) atoms. The molecule has 1 fully saturated rings. The number of hydrogen-bond donors (Lipinski definition) is 3. The number of likely N-dealkylation sites (tertiary alicyclic amines) is 1. The number of nitrogens with two attached hydrogens (primary N) is 1. The lowest BCUT2D eigenvalue weighted by molar-refractivity contribution is -0.124. The van der Waals surface area contributed by atoms with E-state index in [-0.39, 0.29) is 23.3 Å². The summed E-state index contributed by atoms with van der Waals surface area (Å²) in [5.41, 5.74) is 7.62. The molecule has 3 rings (SSSR count). The number of urea groups is 1. The van der Waals surface area contributed by atoms with Gasteiger partial charge in [0, 0.05) is 43.1 Å². The van der Waals surface area contributed by atoms with Crippen molar-refractivity contribution in [1.82, 2.24) is 15.2 Å². The highest BCUT2D eigenvalue weighted by Crippen LogP contribution is 2.29. The first-order valence-electron chi connectivity index (χ1n) is 10.6. The van der Waals surface area contributed by atoms with Gasteiger partial charge in [-0.05, 0) is 48.6 Å². The summed E-state index contributed by atoms with van der Waals surface area (Å²) >= 11 is 12.1. The van der Waals surface area contributed by atoms with Crippen LogP contribution in [0.15, 0.2) is 42.7 Å². The molecule has 172 valence electrons. The number of carbonyl (C=O) groups is 2. The topological polar surface area (TPSA) is 100 Å². The molecule has 0 bridgehead atoms. The number of halogens is 2. The van der Waals surface area contributed by atoms with Gasteiger partial charge in [0.2, 0.25) is 5.91 Å². The standard InChI is InChI=1S/C23H29Cl2N5O2/c1-23(2,16-3-4-18(24)19(25)13-16)14-28-21(31)20(26)15-7-11-30(12-8-15)22(32)29-17-5-9-27-10-6-17/h3-6,9-10,13,15,20H,7-8,11-12,14,26H2,1-2H3,(H,28,31)(H,27,29,32). The summed E-state index contributed by atoms with van der Waals surface area (Å²) in [4.78, 5) is 30.8. The van der Waals surface area contributed by atoms with Crippen molar-refractivity contribution in [1.29, 1.82) is 0 Å². The Bertz CT molecular complexity index is 947. The van der Waals surface area contributed by atoms with E-state index < -0.39 is 6.04 Å². The molecule has 1 aromatic carbocycles. The maximum absolute atomic E-state index is 12.7. The van der Waals surface area contributed by atoms with Crippen LogP contribution in [0.1, 0.15) is 32.3 Å². The monoisotopic (exact) mass is 477 g/mol. The number of piperidine rings is 1. The van der Waals surface area contributed by atoms with Gasteiger partial charge in [0.1, 0.15) is 0 Å². The molecule has 1 aromatic heterocycles. The van der Waals surface area contributed by atoms with Crippen LogP contribution in [-0.2, 0) is 10.2 Å². The largest absolute Gasteiger partial charge is 0.354 e. The van der Waals surface area contributed by atoms with Gasteiger partial charge in [0.25, 0.3) is 0 Å². The second-order valence-corrected chi connectivity index (χ2v) is 9.56. The number of nitrogens with zero attached hydrogens (tertiary/aromatic N) is 2. The van der Waals surface area contributed by atoms with Crippen LogP contribution in [0.5, 0.6) is 0 Å². The molecular weight excluding hydrogens is 449 g/mol. The minimum Gasteiger partial charge on any atom is -0.354 e. The molecule has 1 aliphatic heterocycles. The predicted octanol–water partition coefficient (Wildman–Crippen LogP) is 4.05. The van der Waals surface area contributed by atoms with Crippen molar-refractivity contribution >= 4 is 40.8 Å². The maximum Gasteiger partial charge on any atom is 0.321 e. The minimum absolute atomic E-state index is 0.0214. The van der Waals surface area contributed by atoms with Gasteiger partial charge in [-0.1, -0.05) is 43.1 Å². The normalized spacial score (nSPS) is 15.8. The lowest BCUT2D eigenvalue weighted by Gasteiger charge is -2.34. The van der Waals surface area contributed by atoms with Gasteiger partial charge in [0.15, 0.2) is 0 Å². The van der Waals surface area contributed by atoms with E-state index in [4.69, 9.17) is 28.9 Å². The summed E-state index contributed by atoms with van der Waals surface area (Å²) in [7, 11) is 0. The Morgan fingerprint density at radius 2 is 1.81 bits per heavy atom. The van der Waals surface area contributed by atoms with E-state index in [1.54, 1.807) is 35.5 Å². The van der Waals surface area contributed by atoms with Crippen molar-refractivity contribution in [2.45, 2.75) is 38.1 Å². The molecule has 1 atom stereocenters. The summed E-state index contributed by atoms with van der Waals surface area (Å²) in [6.07, 6.45) is 4.60. The first-order chi connectivity index (χ1) is 15.2. The first-order valence-corrected chi connectivity index (χ1v) is 11.4. The average Bonchev–Trinajstić information content (AvgIpc) is 2.79. The molecule has 1 aliphatic rings. The molecule has 0 saturated carbocycles. The number of pyridine rings is 1. The van der Waals surface area contributed by atoms with Crippen molar-refractivity contribution < 1.29 is 9.59 Å². The van der Waals surface area contributed by atoms with Crippen LogP contribution in [0, 0.1) is 5.92 Å². The van der Waals surface area contributed by atoms with Crippen molar-refractivity contribution in [3.8, 4) is 0 Å². The van der Waals surface area contributed by atoms with E-state index in [1.807, 2.05) is 26.0 Å². The summed E-state index contributed by atoms with van der Waals surface area (Å²) < 4.78 is 0. The third kappa shape index (κ3) is 6.12. The van der Waals surface area contributed by atoms with E-state index in [9.17, 15) is 9.59 Å². The van der Waals surface area contributed by atoms with Gasteiger partial charge in [-0.3, -0.25) is 9.78 Å². The number of rotatable bonds is 6. The first kappa shape index (κ1) is 24.3. The number of carbonyl (C=O) groups excluding carboxylic acids is 2. The molecule has 4 N–H and O–H groups in total. The fourth-order valence-electron chi connectivity index (χ4n) is 3.76. The lowest BCUT2D eigenvalue weighted by Crippen LogP contribution is -2.52. The molecule has 3 amide bonds. The number of hydrogen-bond acceptors (Lipinski definition) is 4. The summed E-state index contributed by atoms with van der Waals surface area (Å²) in [6, 6.07) is 8.19. The summed E-state index contributed by atoms with van der Waals surface area (Å²) in [5, 5.41) is 6.82. The van der Waals surface area contributed by atoms with Crippen LogP contribution < -0.4 is 16.4 Å². The molecule has 9 heteroatoms. The van der Waals surface area contributed by atoms with Crippen LogP contribution in [0.3, 0.4) is 0 Å². The second kappa shape index (κ2) is 10.5. The Balaban J connectivity index is 1.48. The zero-order valence-electron chi connectivity index (χ0n) is 18.3. The number of aromatic nitrogens is 1. The third-order valence-electron chi connectivity index (χ3n) is 5.97. The highest BCUT2D eigenvalue weighted by molar-refractivity contribution is 6.42. The molecule has 0 aliphatic carbocycles. The molecule has 2 heterocycles. The predicted molar refractivity (Wildman–Crippen MR) is 128 cm³/mol. The summed E-state index contributed by atoms with van der Waals surface area (Å²) in [6.45, 7) is 5.58. The Kier molecular flexibility index (Phi) is 7.98. The van der Waals surface area contributed by atoms with Crippen molar-refractivity contribution in [2.24, 2.45) is 11.7 Å². The minimum atomic E-state index is -0.620. The van der Waals surface area contributed by atoms with E-state index in [1.165, 1.54) is 0 Å². The highest BCUT2D eigenvalue weighted by Gasteiger charge is 2.31. The molecule has 7 nitrogen and oxygen atoms in total. The number of anilines is 1. The van der Waals surface area contributed by atoms with Gasteiger partial charge in [-0.25, -0.2) is 4.79 Å². The molecule has 2 aromatic rings. The van der Waals surface area contributed by atoms with E-state index >= 15 is 0 Å². The quantitative estimate of drug-likeness (QED) is 0.583. The molecule has 0 spiro atoms. The van der Waals surface area contributed by atoms with Crippen molar-refractivity contribution in [3.63, 3.8) is 0 Å². The maximum atomic E-state index is 12.7. The fourth-order valence-corrected chi connectivity index (χ4v) is 4.06. The molecule has 1 saturated heterocycles. The van der Waals surface area contributed by atoms with E-state index in [0.717, 1.165) is 5.56 Å². The van der Waals surface area contributed by atoms with Crippen LogP contribution >= 0.6 is 23.2 Å². The Hall–Kier alpha value is -2.35. The van der Waals surface area contributed by atoms with Gasteiger partial charge < -0.3 is 21.3 Å². The lowest BCUT2D eigenvalue weighted by atomic mass is 9.84. The SMILES string of the molecule is CC(C)(CNC(=O)C(N)C1CCN(C(=O)Nc2ccncc2)CC1)c1ccc(Cl)c(Cl)c1. The zero-order chi connectivity index (χ0) is 23.3. The van der Waals surface area contributed by atoms with Crippen LogP contribution in [-0.4, -0.2) is 47.5 Å². The number of benzene rings is 1. The Morgan fingerprint density at radius 1 is 1.16 bits per heavy atom. The molecule has 0 radical (unpaired) electrons. The van der Waals surface area contributed by atoms with E-state index in [2.05, 4.69) is 15.6 Å². The van der Waals surface area contributed by atoms with Gasteiger partial charge >= 0.3 is 6.03 Å². The summed E-state index contributed by atoms with van der Waals surface area (Å²) in [5.74, 6) is -0.161. The van der Waals surface area contributed by atoms with Crippen LogP contribution in [0.2, 0.25) is 10.0 Å². The number of nitrogens with one attached hydrogen (secondary N) is 2. The average molecular weight is 478 g/mol. The van der Waals surface area contributed by atoms with Crippen LogP contribution in [0.4, 0.5) is 10.5 Å². The molecule has 1 unspecified atom stereocenters. The van der Waals surface area contributed by atoms with Gasteiger partial charge in [-0.15, -0.1) is 0 Å². The third-order valence-corrected chi connectivity index (χ3v) is 6.71. The van der Waals surface area contributed by atoms with Gasteiger partial charge in [0.05, 0.1) is 16.1 Å². The van der Waals surface area contributed by atoms with Crippen LogP contribution in [0.25, 0.3) is 0 Å². The smallest absolute Gasteiger partial charge is 0.321 e. The fraction of sp³-hybridized carbons (Fsp3) is 0.435. The second-order valence-electron chi connectivity index (χ2n) is 8.75. The van der Waals surface area contributed by atoms with Crippen molar-refractivity contribution in [2.75, 3.05) is 25.0 Å². The Labute approximate surface area is 198 Å². The molecular formula is C23H29Cl2N5O2. The van der Waals surface area contributed by atoms with Crippen molar-refractivity contribution in [3.05, 3.63) is 58.3 Å². The van der Waals surface area contributed by atoms with E-state index in [0.29, 0.717) is 48.2 Å². The number of amides is 3.